The van der Waals surface area contributed by atoms with Crippen LogP contribution in [0.3, 0.4) is 0 Å². The van der Waals surface area contributed by atoms with Gasteiger partial charge in [-0.15, -0.1) is 5.10 Å². The maximum atomic E-state index is 11.7. The number of hydrogen-bond acceptors (Lipinski definition) is 5. The first-order valence-corrected chi connectivity index (χ1v) is 5.59. The molecule has 2 N–H and O–H groups in total. The minimum absolute atomic E-state index is 0.0430. The topological polar surface area (TPSA) is 92.2 Å². The zero-order valence-corrected chi connectivity index (χ0v) is 9.87. The van der Waals surface area contributed by atoms with Crippen molar-refractivity contribution in [1.82, 2.24) is 14.9 Å². The average Bonchev–Trinajstić information content (AvgIpc) is 2.61. The van der Waals surface area contributed by atoms with E-state index in [0.29, 0.717) is 17.0 Å². The summed E-state index contributed by atoms with van der Waals surface area (Å²) in [6.45, 7) is 3.48. The van der Waals surface area contributed by atoms with Gasteiger partial charge in [0.15, 0.2) is 0 Å². The van der Waals surface area contributed by atoms with E-state index in [-0.39, 0.29) is 18.4 Å². The van der Waals surface area contributed by atoms with Crippen LogP contribution >= 0.6 is 11.5 Å². The predicted octanol–water partition coefficient (Wildman–Crippen LogP) is 0.830. The number of carbonyl (C=O) groups excluding carboxylic acids is 1. The van der Waals surface area contributed by atoms with Gasteiger partial charge >= 0.3 is 5.97 Å². The Balaban J connectivity index is 2.46. The summed E-state index contributed by atoms with van der Waals surface area (Å²) in [6.07, 6.45) is 0.452. The third-order valence-corrected chi connectivity index (χ3v) is 2.85. The summed E-state index contributed by atoms with van der Waals surface area (Å²) in [5.41, 5.74) is 0.591. The molecule has 0 spiro atoms. The highest BCUT2D eigenvalue weighted by molar-refractivity contribution is 7.07. The minimum atomic E-state index is -0.864. The number of aliphatic carboxylic acids is 1. The molecule has 0 aliphatic carbocycles. The van der Waals surface area contributed by atoms with Gasteiger partial charge in [0.05, 0.1) is 5.69 Å². The molecule has 0 aromatic carbocycles. The summed E-state index contributed by atoms with van der Waals surface area (Å²) in [7, 11) is 0. The lowest BCUT2D eigenvalue weighted by atomic mass is 10.2. The summed E-state index contributed by atoms with van der Waals surface area (Å²) >= 11 is 1.03. The molecular formula is C9H13N3O3S. The van der Waals surface area contributed by atoms with Gasteiger partial charge in [0.1, 0.15) is 4.88 Å². The lowest BCUT2D eigenvalue weighted by Gasteiger charge is -2.11. The molecule has 0 aliphatic rings. The molecule has 1 unspecified atom stereocenters. The molecule has 88 valence electrons. The van der Waals surface area contributed by atoms with Gasteiger partial charge in [0.2, 0.25) is 0 Å². The highest BCUT2D eigenvalue weighted by Gasteiger charge is 2.15. The fourth-order valence-electron chi connectivity index (χ4n) is 1.14. The molecule has 1 aromatic heterocycles. The average molecular weight is 243 g/mol. The van der Waals surface area contributed by atoms with E-state index in [4.69, 9.17) is 5.11 Å². The number of hydrogen-bond donors (Lipinski definition) is 2. The molecule has 0 aliphatic heterocycles. The Labute approximate surface area is 96.8 Å². The molecule has 0 bridgehead atoms. The van der Waals surface area contributed by atoms with E-state index < -0.39 is 5.97 Å². The Kier molecular flexibility index (Phi) is 4.36. The molecular weight excluding hydrogens is 230 g/mol. The third kappa shape index (κ3) is 3.58. The number of nitrogens with one attached hydrogen (secondary N) is 1. The minimum Gasteiger partial charge on any atom is -0.481 e. The summed E-state index contributed by atoms with van der Waals surface area (Å²) < 4.78 is 3.66. The van der Waals surface area contributed by atoms with Crippen molar-refractivity contribution in [2.45, 2.75) is 32.7 Å². The fraction of sp³-hybridized carbons (Fsp3) is 0.556. The van der Waals surface area contributed by atoms with Gasteiger partial charge in [-0.2, -0.15) is 0 Å². The molecule has 1 aromatic rings. The second kappa shape index (κ2) is 5.55. The summed E-state index contributed by atoms with van der Waals surface area (Å²) in [6, 6.07) is -0.176. The first-order chi connectivity index (χ1) is 7.50. The quantitative estimate of drug-likeness (QED) is 0.799. The third-order valence-electron chi connectivity index (χ3n) is 2.03. The van der Waals surface area contributed by atoms with Crippen molar-refractivity contribution < 1.29 is 14.7 Å². The van der Waals surface area contributed by atoms with Gasteiger partial charge in [-0.1, -0.05) is 4.49 Å². The zero-order chi connectivity index (χ0) is 12.1. The van der Waals surface area contributed by atoms with Crippen LogP contribution in [0.4, 0.5) is 0 Å². The van der Waals surface area contributed by atoms with Crippen molar-refractivity contribution in [3.63, 3.8) is 0 Å². The highest BCUT2D eigenvalue weighted by Crippen LogP contribution is 2.09. The normalized spacial score (nSPS) is 12.1. The number of carboxylic acids is 1. The Morgan fingerprint density at radius 1 is 1.56 bits per heavy atom. The monoisotopic (exact) mass is 243 g/mol. The van der Waals surface area contributed by atoms with Crippen LogP contribution in [0.1, 0.15) is 35.1 Å². The van der Waals surface area contributed by atoms with E-state index in [1.807, 2.05) is 0 Å². The number of carbonyl (C=O) groups is 2. The van der Waals surface area contributed by atoms with Gasteiger partial charge in [-0.05, 0) is 31.8 Å². The van der Waals surface area contributed by atoms with E-state index >= 15 is 0 Å². The van der Waals surface area contributed by atoms with Crippen LogP contribution in [0.15, 0.2) is 0 Å². The van der Waals surface area contributed by atoms with Crippen LogP contribution in [0.5, 0.6) is 0 Å². The number of amides is 1. The van der Waals surface area contributed by atoms with Gasteiger partial charge < -0.3 is 10.4 Å². The van der Waals surface area contributed by atoms with Crippen LogP contribution in [0.25, 0.3) is 0 Å². The van der Waals surface area contributed by atoms with Crippen molar-refractivity contribution in [2.24, 2.45) is 0 Å². The van der Waals surface area contributed by atoms with Crippen LogP contribution in [-0.4, -0.2) is 32.6 Å². The highest BCUT2D eigenvalue weighted by atomic mass is 32.1. The van der Waals surface area contributed by atoms with Crippen LogP contribution < -0.4 is 5.32 Å². The Hall–Kier alpha value is -1.50. The number of rotatable bonds is 5. The standard InChI is InChI=1S/C9H13N3O3S/c1-5(3-4-7(13)14)10-9(15)8-6(2)11-12-16-8/h5H,3-4H2,1-2H3,(H,10,15)(H,13,14). The Bertz CT molecular complexity index is 391. The molecule has 1 atom stereocenters. The largest absolute Gasteiger partial charge is 0.481 e. The number of aromatic nitrogens is 2. The van der Waals surface area contributed by atoms with Crippen molar-refractivity contribution in [1.29, 1.82) is 0 Å². The lowest BCUT2D eigenvalue weighted by molar-refractivity contribution is -0.137. The van der Waals surface area contributed by atoms with Gasteiger partial charge in [0, 0.05) is 12.5 Å². The van der Waals surface area contributed by atoms with E-state index in [9.17, 15) is 9.59 Å². The first-order valence-electron chi connectivity index (χ1n) is 4.82. The molecule has 0 fully saturated rings. The summed E-state index contributed by atoms with van der Waals surface area (Å²) in [5, 5.41) is 14.9. The Morgan fingerprint density at radius 2 is 2.25 bits per heavy atom. The number of nitrogens with zero attached hydrogens (tertiary/aromatic N) is 2. The molecule has 1 rings (SSSR count). The van der Waals surface area contributed by atoms with Crippen molar-refractivity contribution >= 4 is 23.4 Å². The number of carboxylic acid groups (broad SMARTS) is 1. The van der Waals surface area contributed by atoms with Crippen molar-refractivity contribution in [3.05, 3.63) is 10.6 Å². The van der Waals surface area contributed by atoms with Gasteiger partial charge in [-0.25, -0.2) is 0 Å². The van der Waals surface area contributed by atoms with Crippen LogP contribution in [0.2, 0.25) is 0 Å². The first kappa shape index (κ1) is 12.6. The zero-order valence-electron chi connectivity index (χ0n) is 9.06. The Morgan fingerprint density at radius 3 is 2.75 bits per heavy atom. The predicted molar refractivity (Wildman–Crippen MR) is 58.4 cm³/mol. The molecule has 6 nitrogen and oxygen atoms in total. The molecule has 1 amide bonds. The maximum Gasteiger partial charge on any atom is 0.303 e. The second-order valence-corrected chi connectivity index (χ2v) is 4.25. The van der Waals surface area contributed by atoms with Crippen LogP contribution in [-0.2, 0) is 4.79 Å². The molecule has 7 heteroatoms. The molecule has 0 saturated heterocycles. The molecule has 1 heterocycles. The smallest absolute Gasteiger partial charge is 0.303 e. The van der Waals surface area contributed by atoms with E-state index in [2.05, 4.69) is 14.9 Å². The van der Waals surface area contributed by atoms with E-state index in [1.165, 1.54) is 0 Å². The molecule has 0 radical (unpaired) electrons. The molecule has 16 heavy (non-hydrogen) atoms. The lowest BCUT2D eigenvalue weighted by Crippen LogP contribution is -2.32. The summed E-state index contributed by atoms with van der Waals surface area (Å²) in [4.78, 5) is 22.5. The number of aryl methyl sites for hydroxylation is 1. The van der Waals surface area contributed by atoms with E-state index in [0.717, 1.165) is 11.5 Å². The van der Waals surface area contributed by atoms with E-state index in [1.54, 1.807) is 13.8 Å². The molecule has 0 saturated carbocycles. The van der Waals surface area contributed by atoms with Gasteiger partial charge in [-0.3, -0.25) is 9.59 Å². The SMILES string of the molecule is Cc1nnsc1C(=O)NC(C)CCC(=O)O. The fourth-order valence-corrected chi connectivity index (χ4v) is 1.70. The summed E-state index contributed by atoms with van der Waals surface area (Å²) in [5.74, 6) is -1.11. The van der Waals surface area contributed by atoms with Crippen molar-refractivity contribution in [3.8, 4) is 0 Å². The second-order valence-electron chi connectivity index (χ2n) is 3.49. The van der Waals surface area contributed by atoms with Crippen LogP contribution in [0, 0.1) is 6.92 Å². The van der Waals surface area contributed by atoms with Gasteiger partial charge in [0.25, 0.3) is 5.91 Å². The maximum absolute atomic E-state index is 11.7. The van der Waals surface area contributed by atoms with Crippen molar-refractivity contribution in [2.75, 3.05) is 0 Å².